The summed E-state index contributed by atoms with van der Waals surface area (Å²) in [5.41, 5.74) is 1.18. The zero-order chi connectivity index (χ0) is 13.5. The number of hydrogen-bond donors (Lipinski definition) is 0. The van der Waals surface area contributed by atoms with Gasteiger partial charge in [-0.1, -0.05) is 44.2 Å². The van der Waals surface area contributed by atoms with Crippen LogP contribution in [-0.2, 0) is 16.0 Å². The normalized spacial score (nSPS) is 11.4. The fraction of sp³-hybridized carbons (Fsp3) is 0.357. The Labute approximate surface area is 107 Å². The first-order chi connectivity index (χ1) is 8.54. The van der Waals surface area contributed by atoms with Crippen molar-refractivity contribution >= 4 is 17.6 Å². The summed E-state index contributed by atoms with van der Waals surface area (Å²) in [7, 11) is 1.24. The molecular weight excluding hydrogens is 230 g/mol. The van der Waals surface area contributed by atoms with E-state index in [9.17, 15) is 9.59 Å². The monoisotopic (exact) mass is 247 g/mol. The Hall–Kier alpha value is -1.97. The number of rotatable bonds is 4. The smallest absolute Gasteiger partial charge is 0.433 e. The second-order valence-electron chi connectivity index (χ2n) is 4.21. The van der Waals surface area contributed by atoms with Gasteiger partial charge in [-0.25, -0.2) is 4.79 Å². The Bertz CT molecular complexity index is 449. The van der Waals surface area contributed by atoms with Crippen LogP contribution >= 0.6 is 0 Å². The molecule has 1 rings (SSSR count). The number of benzene rings is 1. The van der Waals surface area contributed by atoms with Crippen molar-refractivity contribution in [2.45, 2.75) is 20.3 Å². The van der Waals surface area contributed by atoms with Crippen LogP contribution in [0.2, 0.25) is 0 Å². The molecular formula is C14H17NO3. The first-order valence-corrected chi connectivity index (χ1v) is 5.78. The van der Waals surface area contributed by atoms with Gasteiger partial charge in [-0.05, 0) is 5.56 Å². The fourth-order valence-electron chi connectivity index (χ4n) is 1.46. The molecule has 0 fully saturated rings. The second kappa shape index (κ2) is 6.69. The van der Waals surface area contributed by atoms with Gasteiger partial charge < -0.3 is 4.74 Å². The minimum atomic E-state index is -0.741. The molecule has 0 bridgehead atoms. The average molecular weight is 247 g/mol. The first kappa shape index (κ1) is 14.1. The molecule has 0 aliphatic rings. The van der Waals surface area contributed by atoms with Crippen molar-refractivity contribution in [3.05, 3.63) is 35.9 Å². The van der Waals surface area contributed by atoms with Crippen molar-refractivity contribution in [2.24, 2.45) is 10.9 Å². The van der Waals surface area contributed by atoms with Crippen LogP contribution in [-0.4, -0.2) is 24.7 Å². The minimum Gasteiger partial charge on any atom is -0.451 e. The molecule has 0 unspecified atom stereocenters. The summed E-state index contributed by atoms with van der Waals surface area (Å²) in [5.74, 6) is -0.332. The lowest BCUT2D eigenvalue weighted by Gasteiger charge is -2.07. The predicted molar refractivity (Wildman–Crippen MR) is 69.8 cm³/mol. The van der Waals surface area contributed by atoms with Crippen LogP contribution in [0.25, 0.3) is 0 Å². The van der Waals surface area contributed by atoms with Crippen molar-refractivity contribution in [3.63, 3.8) is 0 Å². The average Bonchev–Trinajstić information content (AvgIpc) is 2.38. The topological polar surface area (TPSA) is 55.7 Å². The van der Waals surface area contributed by atoms with Gasteiger partial charge in [0.25, 0.3) is 0 Å². The van der Waals surface area contributed by atoms with Crippen LogP contribution in [0.15, 0.2) is 35.3 Å². The maximum atomic E-state index is 12.0. The van der Waals surface area contributed by atoms with Gasteiger partial charge in [-0.15, -0.1) is 0 Å². The maximum Gasteiger partial charge on any atom is 0.433 e. The van der Waals surface area contributed by atoms with Crippen molar-refractivity contribution in [1.29, 1.82) is 0 Å². The van der Waals surface area contributed by atoms with E-state index in [1.54, 1.807) is 13.8 Å². The Morgan fingerprint density at radius 2 is 1.83 bits per heavy atom. The molecule has 4 heteroatoms. The molecule has 0 saturated carbocycles. The van der Waals surface area contributed by atoms with Gasteiger partial charge in [0.2, 0.25) is 0 Å². The molecule has 0 saturated heterocycles. The van der Waals surface area contributed by atoms with Crippen LogP contribution in [0.1, 0.15) is 19.4 Å². The molecule has 0 aromatic heterocycles. The molecule has 1 aromatic carbocycles. The highest BCUT2D eigenvalue weighted by Crippen LogP contribution is 2.06. The van der Waals surface area contributed by atoms with Gasteiger partial charge in [-0.2, -0.15) is 4.99 Å². The molecule has 0 heterocycles. The van der Waals surface area contributed by atoms with E-state index in [-0.39, 0.29) is 17.4 Å². The maximum absolute atomic E-state index is 12.0. The molecule has 1 aromatic rings. The van der Waals surface area contributed by atoms with Gasteiger partial charge in [0.15, 0.2) is 5.78 Å². The van der Waals surface area contributed by atoms with Crippen LogP contribution in [0.4, 0.5) is 4.79 Å². The standard InChI is InChI=1S/C14H17NO3/c1-10(2)13(16)12(15-14(17)18-3)9-11-7-5-4-6-8-11/h4-8,10H,9H2,1-3H3. The predicted octanol–water partition coefficient (Wildman–Crippen LogP) is 2.66. The van der Waals surface area contributed by atoms with E-state index < -0.39 is 6.09 Å². The van der Waals surface area contributed by atoms with Gasteiger partial charge in [0, 0.05) is 12.3 Å². The molecule has 0 aliphatic carbocycles. The van der Waals surface area contributed by atoms with E-state index >= 15 is 0 Å². The number of aliphatic imine (C=N–C) groups is 1. The lowest BCUT2D eigenvalue weighted by atomic mass is 9.99. The number of carbonyl (C=O) groups excluding carboxylic acids is 2. The minimum absolute atomic E-state index is 0.135. The SMILES string of the molecule is COC(=O)N=C(Cc1ccccc1)C(=O)C(C)C. The largest absolute Gasteiger partial charge is 0.451 e. The van der Waals surface area contributed by atoms with Crippen LogP contribution < -0.4 is 0 Å². The van der Waals surface area contributed by atoms with Gasteiger partial charge in [-0.3, -0.25) is 4.79 Å². The molecule has 4 nitrogen and oxygen atoms in total. The van der Waals surface area contributed by atoms with E-state index in [0.29, 0.717) is 6.42 Å². The highest BCUT2D eigenvalue weighted by atomic mass is 16.5. The van der Waals surface area contributed by atoms with Crippen molar-refractivity contribution in [3.8, 4) is 0 Å². The zero-order valence-electron chi connectivity index (χ0n) is 10.8. The highest BCUT2D eigenvalue weighted by molar-refractivity contribution is 6.42. The van der Waals surface area contributed by atoms with Crippen LogP contribution in [0, 0.1) is 5.92 Å². The Kier molecular flexibility index (Phi) is 5.24. The third-order valence-electron chi connectivity index (χ3n) is 2.42. The van der Waals surface area contributed by atoms with Gasteiger partial charge >= 0.3 is 6.09 Å². The third-order valence-corrected chi connectivity index (χ3v) is 2.42. The van der Waals surface area contributed by atoms with E-state index in [0.717, 1.165) is 5.56 Å². The number of ketones is 1. The highest BCUT2D eigenvalue weighted by Gasteiger charge is 2.17. The summed E-state index contributed by atoms with van der Waals surface area (Å²) in [5, 5.41) is 0. The van der Waals surface area contributed by atoms with Gasteiger partial charge in [0.05, 0.1) is 12.8 Å². The Morgan fingerprint density at radius 1 is 1.22 bits per heavy atom. The van der Waals surface area contributed by atoms with E-state index in [4.69, 9.17) is 0 Å². The summed E-state index contributed by atoms with van der Waals surface area (Å²) < 4.78 is 4.47. The molecule has 1 amide bonds. The Balaban J connectivity index is 2.95. The quantitative estimate of drug-likeness (QED) is 0.768. The number of amides is 1. The Morgan fingerprint density at radius 3 is 2.33 bits per heavy atom. The summed E-state index contributed by atoms with van der Waals surface area (Å²) in [6.07, 6.45) is -0.401. The summed E-state index contributed by atoms with van der Waals surface area (Å²) in [6.45, 7) is 3.56. The lowest BCUT2D eigenvalue weighted by molar-refractivity contribution is -0.115. The lowest BCUT2D eigenvalue weighted by Crippen LogP contribution is -2.23. The number of Topliss-reactive ketones (excluding diaryl/α,β-unsaturated/α-hetero) is 1. The second-order valence-corrected chi connectivity index (χ2v) is 4.21. The summed E-state index contributed by atoms with van der Waals surface area (Å²) >= 11 is 0. The molecule has 0 radical (unpaired) electrons. The van der Waals surface area contributed by atoms with Gasteiger partial charge in [0.1, 0.15) is 0 Å². The van der Waals surface area contributed by atoms with Crippen molar-refractivity contribution in [1.82, 2.24) is 0 Å². The number of methoxy groups -OCH3 is 1. The van der Waals surface area contributed by atoms with Crippen molar-refractivity contribution < 1.29 is 14.3 Å². The van der Waals surface area contributed by atoms with E-state index in [1.807, 2.05) is 30.3 Å². The number of carbonyl (C=O) groups is 2. The van der Waals surface area contributed by atoms with E-state index in [2.05, 4.69) is 9.73 Å². The third kappa shape index (κ3) is 4.13. The zero-order valence-corrected chi connectivity index (χ0v) is 10.8. The summed E-state index contributed by atoms with van der Waals surface area (Å²) in [6, 6.07) is 9.43. The van der Waals surface area contributed by atoms with E-state index in [1.165, 1.54) is 7.11 Å². The molecule has 0 atom stereocenters. The molecule has 18 heavy (non-hydrogen) atoms. The molecule has 96 valence electrons. The first-order valence-electron chi connectivity index (χ1n) is 5.78. The molecule has 0 aliphatic heterocycles. The molecule has 0 N–H and O–H groups in total. The van der Waals surface area contributed by atoms with Crippen LogP contribution in [0.5, 0.6) is 0 Å². The summed E-state index contributed by atoms with van der Waals surface area (Å²) in [4.78, 5) is 26.9. The molecule has 0 spiro atoms. The number of hydrogen-bond acceptors (Lipinski definition) is 3. The fourth-order valence-corrected chi connectivity index (χ4v) is 1.46. The van der Waals surface area contributed by atoms with Crippen LogP contribution in [0.3, 0.4) is 0 Å². The number of ether oxygens (including phenoxy) is 1. The van der Waals surface area contributed by atoms with Crippen molar-refractivity contribution in [2.75, 3.05) is 7.11 Å². The number of nitrogens with zero attached hydrogens (tertiary/aromatic N) is 1.